The Bertz CT molecular complexity index is 610. The lowest BCUT2D eigenvalue weighted by Crippen LogP contribution is -2.26. The molecular formula is C15H17ClN2OS. The number of nitrogens with one attached hydrogen (secondary N) is 2. The van der Waals surface area contributed by atoms with Gasteiger partial charge in [0.05, 0.1) is 4.34 Å². The van der Waals surface area contributed by atoms with E-state index < -0.39 is 0 Å². The summed E-state index contributed by atoms with van der Waals surface area (Å²) in [5.41, 5.74) is 2.69. The SMILES string of the molecule is CNc1ccc(C(=O)NCCc2ccc(Cl)s2)c(C)c1. The quantitative estimate of drug-likeness (QED) is 0.884. The maximum Gasteiger partial charge on any atom is 0.251 e. The second-order valence-electron chi connectivity index (χ2n) is 4.49. The predicted molar refractivity (Wildman–Crippen MR) is 86.1 cm³/mol. The standard InChI is InChI=1S/C15H17ClN2OS/c1-10-9-11(17-2)3-5-13(10)15(19)18-8-7-12-4-6-14(16)20-12/h3-6,9,17H,7-8H2,1-2H3,(H,18,19). The van der Waals surface area contributed by atoms with Crippen LogP contribution in [0.2, 0.25) is 4.34 Å². The molecule has 2 rings (SSSR count). The summed E-state index contributed by atoms with van der Waals surface area (Å²) in [6, 6.07) is 9.59. The van der Waals surface area contributed by atoms with E-state index in [0.717, 1.165) is 22.0 Å². The van der Waals surface area contributed by atoms with E-state index in [9.17, 15) is 4.79 Å². The summed E-state index contributed by atoms with van der Waals surface area (Å²) in [5.74, 6) is -0.0344. The average Bonchev–Trinajstić information content (AvgIpc) is 2.84. The van der Waals surface area contributed by atoms with Gasteiger partial charge in [-0.3, -0.25) is 4.79 Å². The lowest BCUT2D eigenvalue weighted by atomic mass is 10.1. The molecule has 3 nitrogen and oxygen atoms in total. The topological polar surface area (TPSA) is 41.1 Å². The molecule has 1 aromatic heterocycles. The summed E-state index contributed by atoms with van der Waals surface area (Å²) in [7, 11) is 1.86. The summed E-state index contributed by atoms with van der Waals surface area (Å²) < 4.78 is 0.782. The number of hydrogen-bond acceptors (Lipinski definition) is 3. The Hall–Kier alpha value is -1.52. The summed E-state index contributed by atoms with van der Waals surface area (Å²) in [6.07, 6.45) is 0.802. The fourth-order valence-electron chi connectivity index (χ4n) is 1.95. The highest BCUT2D eigenvalue weighted by molar-refractivity contribution is 7.16. The highest BCUT2D eigenvalue weighted by Crippen LogP contribution is 2.21. The first-order valence-corrected chi connectivity index (χ1v) is 7.60. The molecule has 0 saturated carbocycles. The van der Waals surface area contributed by atoms with Gasteiger partial charge in [-0.25, -0.2) is 0 Å². The molecule has 0 fully saturated rings. The maximum atomic E-state index is 12.1. The van der Waals surface area contributed by atoms with E-state index >= 15 is 0 Å². The number of rotatable bonds is 5. The van der Waals surface area contributed by atoms with Crippen LogP contribution in [0.3, 0.4) is 0 Å². The average molecular weight is 309 g/mol. The molecule has 0 bridgehead atoms. The van der Waals surface area contributed by atoms with Crippen LogP contribution in [0.5, 0.6) is 0 Å². The van der Waals surface area contributed by atoms with Crippen molar-refractivity contribution >= 4 is 34.5 Å². The Labute approximate surface area is 128 Å². The molecule has 0 saturated heterocycles. The lowest BCUT2D eigenvalue weighted by molar-refractivity contribution is 0.0953. The van der Waals surface area contributed by atoms with Crippen LogP contribution in [0.1, 0.15) is 20.8 Å². The van der Waals surface area contributed by atoms with E-state index in [-0.39, 0.29) is 5.91 Å². The number of carbonyl (C=O) groups is 1. The highest BCUT2D eigenvalue weighted by atomic mass is 35.5. The number of halogens is 1. The van der Waals surface area contributed by atoms with Crippen LogP contribution in [0.25, 0.3) is 0 Å². The minimum Gasteiger partial charge on any atom is -0.388 e. The Kier molecular flexibility index (Phi) is 5.04. The van der Waals surface area contributed by atoms with Crippen molar-refractivity contribution in [3.63, 3.8) is 0 Å². The van der Waals surface area contributed by atoms with E-state index in [1.54, 1.807) is 11.3 Å². The summed E-state index contributed by atoms with van der Waals surface area (Å²) in [6.45, 7) is 2.55. The molecule has 106 valence electrons. The van der Waals surface area contributed by atoms with Crippen LogP contribution in [0, 0.1) is 6.92 Å². The van der Waals surface area contributed by atoms with Crippen molar-refractivity contribution in [3.05, 3.63) is 50.7 Å². The van der Waals surface area contributed by atoms with E-state index in [0.29, 0.717) is 12.1 Å². The number of benzene rings is 1. The number of thiophene rings is 1. The third-order valence-electron chi connectivity index (χ3n) is 3.05. The van der Waals surface area contributed by atoms with Crippen molar-refractivity contribution in [1.82, 2.24) is 5.32 Å². The normalized spacial score (nSPS) is 10.3. The summed E-state index contributed by atoms with van der Waals surface area (Å²) >= 11 is 7.42. The summed E-state index contributed by atoms with van der Waals surface area (Å²) in [5, 5.41) is 6.00. The molecular weight excluding hydrogens is 292 g/mol. The Morgan fingerprint density at radius 3 is 2.70 bits per heavy atom. The van der Waals surface area contributed by atoms with Crippen molar-refractivity contribution in [3.8, 4) is 0 Å². The first-order valence-electron chi connectivity index (χ1n) is 6.41. The zero-order valence-electron chi connectivity index (χ0n) is 11.5. The van der Waals surface area contributed by atoms with Gasteiger partial charge in [-0.2, -0.15) is 0 Å². The monoisotopic (exact) mass is 308 g/mol. The Morgan fingerprint density at radius 2 is 2.10 bits per heavy atom. The number of anilines is 1. The van der Waals surface area contributed by atoms with E-state index in [4.69, 9.17) is 11.6 Å². The third-order valence-corrected chi connectivity index (χ3v) is 4.34. The van der Waals surface area contributed by atoms with E-state index in [2.05, 4.69) is 10.6 Å². The zero-order chi connectivity index (χ0) is 14.5. The van der Waals surface area contributed by atoms with Crippen LogP contribution in [-0.4, -0.2) is 19.5 Å². The van der Waals surface area contributed by atoms with Gasteiger partial charge in [0.25, 0.3) is 5.91 Å². The number of carbonyl (C=O) groups excluding carboxylic acids is 1. The van der Waals surface area contributed by atoms with E-state index in [1.807, 2.05) is 44.3 Å². The lowest BCUT2D eigenvalue weighted by Gasteiger charge is -2.09. The van der Waals surface area contributed by atoms with Gasteiger partial charge >= 0.3 is 0 Å². The first-order chi connectivity index (χ1) is 9.60. The molecule has 0 radical (unpaired) electrons. The van der Waals surface area contributed by atoms with Crippen molar-refractivity contribution in [2.45, 2.75) is 13.3 Å². The zero-order valence-corrected chi connectivity index (χ0v) is 13.1. The molecule has 0 atom stereocenters. The van der Waals surface area contributed by atoms with Crippen molar-refractivity contribution in [2.75, 3.05) is 18.9 Å². The summed E-state index contributed by atoms with van der Waals surface area (Å²) in [4.78, 5) is 13.3. The molecule has 0 unspecified atom stereocenters. The highest BCUT2D eigenvalue weighted by Gasteiger charge is 2.09. The van der Waals surface area contributed by atoms with Crippen LogP contribution < -0.4 is 10.6 Å². The molecule has 1 aromatic carbocycles. The molecule has 0 aliphatic rings. The maximum absolute atomic E-state index is 12.1. The largest absolute Gasteiger partial charge is 0.388 e. The number of hydrogen-bond donors (Lipinski definition) is 2. The Balaban J connectivity index is 1.91. The van der Waals surface area contributed by atoms with Crippen LogP contribution >= 0.6 is 22.9 Å². The first kappa shape index (κ1) is 14.9. The smallest absolute Gasteiger partial charge is 0.251 e. The fourth-order valence-corrected chi connectivity index (χ4v) is 3.04. The van der Waals surface area contributed by atoms with Crippen LogP contribution in [0.15, 0.2) is 30.3 Å². The predicted octanol–water partition coefficient (Wildman–Crippen LogP) is 3.72. The van der Waals surface area contributed by atoms with Gasteiger partial charge in [-0.05, 0) is 49.2 Å². The fraction of sp³-hybridized carbons (Fsp3) is 0.267. The van der Waals surface area contributed by atoms with Crippen molar-refractivity contribution in [1.29, 1.82) is 0 Å². The second kappa shape index (κ2) is 6.77. The number of aryl methyl sites for hydroxylation is 1. The molecule has 20 heavy (non-hydrogen) atoms. The van der Waals surface area contributed by atoms with Gasteiger partial charge in [0.15, 0.2) is 0 Å². The molecule has 1 amide bonds. The second-order valence-corrected chi connectivity index (χ2v) is 6.29. The minimum absolute atomic E-state index is 0.0344. The van der Waals surface area contributed by atoms with Gasteiger partial charge < -0.3 is 10.6 Å². The third kappa shape index (κ3) is 3.74. The number of amides is 1. The molecule has 5 heteroatoms. The van der Waals surface area contributed by atoms with Gasteiger partial charge in [0.2, 0.25) is 0 Å². The van der Waals surface area contributed by atoms with E-state index in [1.165, 1.54) is 4.88 Å². The van der Waals surface area contributed by atoms with Gasteiger partial charge in [0, 0.05) is 29.7 Å². The van der Waals surface area contributed by atoms with Crippen molar-refractivity contribution in [2.24, 2.45) is 0 Å². The molecule has 2 aromatic rings. The van der Waals surface area contributed by atoms with Crippen LogP contribution in [-0.2, 0) is 6.42 Å². The molecule has 0 aliphatic heterocycles. The molecule has 1 heterocycles. The molecule has 2 N–H and O–H groups in total. The minimum atomic E-state index is -0.0344. The Morgan fingerprint density at radius 1 is 1.30 bits per heavy atom. The van der Waals surface area contributed by atoms with Gasteiger partial charge in [-0.15, -0.1) is 11.3 Å². The van der Waals surface area contributed by atoms with Crippen LogP contribution in [0.4, 0.5) is 5.69 Å². The van der Waals surface area contributed by atoms with Gasteiger partial charge in [0.1, 0.15) is 0 Å². The molecule has 0 aliphatic carbocycles. The van der Waals surface area contributed by atoms with Gasteiger partial charge in [-0.1, -0.05) is 11.6 Å². The molecule has 0 spiro atoms. The van der Waals surface area contributed by atoms with Crippen molar-refractivity contribution < 1.29 is 4.79 Å².